The van der Waals surface area contributed by atoms with Crippen molar-refractivity contribution in [3.63, 3.8) is 0 Å². The summed E-state index contributed by atoms with van der Waals surface area (Å²) in [5.74, 6) is -0.629. The van der Waals surface area contributed by atoms with Crippen LogP contribution in [0, 0.1) is 5.82 Å². The van der Waals surface area contributed by atoms with Crippen molar-refractivity contribution in [1.29, 1.82) is 0 Å². The molecule has 3 heterocycles. The number of fused-ring (bicyclic) bond motifs is 1. The SMILES string of the molecule is O=C(NCCn1c(=O)n(Cc2ccc(F)cc2)c2cccnc21)c1ccccn1. The predicted molar refractivity (Wildman–Crippen MR) is 106 cm³/mol. The smallest absolute Gasteiger partial charge is 0.330 e. The Bertz CT molecular complexity index is 1200. The van der Waals surface area contributed by atoms with E-state index in [1.54, 1.807) is 53.4 Å². The number of nitrogens with zero attached hydrogens (tertiary/aromatic N) is 4. The zero-order valence-electron chi connectivity index (χ0n) is 15.5. The standard InChI is InChI=1S/C21H18FN5O2/c22-16-8-6-15(7-9-16)14-27-18-5-3-11-24-19(18)26(21(27)29)13-12-25-20(28)17-4-1-2-10-23-17/h1-11H,12-14H2,(H,25,28). The molecule has 0 aliphatic carbocycles. The van der Waals surface area contributed by atoms with Crippen molar-refractivity contribution in [2.45, 2.75) is 13.1 Å². The fourth-order valence-corrected chi connectivity index (χ4v) is 3.14. The van der Waals surface area contributed by atoms with Gasteiger partial charge in [-0.2, -0.15) is 0 Å². The van der Waals surface area contributed by atoms with Crippen LogP contribution in [-0.2, 0) is 13.1 Å². The molecular formula is C21H18FN5O2. The van der Waals surface area contributed by atoms with Crippen LogP contribution in [0.5, 0.6) is 0 Å². The second kappa shape index (κ2) is 8.05. The summed E-state index contributed by atoms with van der Waals surface area (Å²) in [5, 5.41) is 2.76. The van der Waals surface area contributed by atoms with Gasteiger partial charge in [0.25, 0.3) is 5.91 Å². The molecule has 4 rings (SSSR count). The number of rotatable bonds is 6. The third-order valence-electron chi connectivity index (χ3n) is 4.55. The molecule has 3 aromatic heterocycles. The third-order valence-corrected chi connectivity index (χ3v) is 4.55. The number of pyridine rings is 2. The highest BCUT2D eigenvalue weighted by molar-refractivity contribution is 5.92. The van der Waals surface area contributed by atoms with Gasteiger partial charge >= 0.3 is 5.69 Å². The Morgan fingerprint density at radius 1 is 0.966 bits per heavy atom. The first-order chi connectivity index (χ1) is 14.1. The average Bonchev–Trinajstić information content (AvgIpc) is 3.02. The topological polar surface area (TPSA) is 81.8 Å². The molecule has 0 spiro atoms. The van der Waals surface area contributed by atoms with Crippen molar-refractivity contribution >= 4 is 17.1 Å². The minimum Gasteiger partial charge on any atom is -0.349 e. The number of hydrogen-bond donors (Lipinski definition) is 1. The Hall–Kier alpha value is -3.81. The molecule has 0 aliphatic heterocycles. The predicted octanol–water partition coefficient (Wildman–Crippen LogP) is 2.21. The number of amides is 1. The van der Waals surface area contributed by atoms with Crippen LogP contribution < -0.4 is 11.0 Å². The summed E-state index contributed by atoms with van der Waals surface area (Å²) in [6, 6.07) is 14.7. The quantitative estimate of drug-likeness (QED) is 0.546. The lowest BCUT2D eigenvalue weighted by Crippen LogP contribution is -2.32. The summed E-state index contributed by atoms with van der Waals surface area (Å²) < 4.78 is 16.3. The molecule has 0 bridgehead atoms. The number of aromatic nitrogens is 4. The minimum atomic E-state index is -0.325. The molecule has 0 saturated carbocycles. The van der Waals surface area contributed by atoms with Gasteiger partial charge in [0.2, 0.25) is 0 Å². The lowest BCUT2D eigenvalue weighted by Gasteiger charge is -2.05. The zero-order chi connectivity index (χ0) is 20.2. The molecule has 1 aromatic carbocycles. The second-order valence-corrected chi connectivity index (χ2v) is 6.46. The van der Waals surface area contributed by atoms with E-state index in [0.29, 0.717) is 23.4 Å². The first kappa shape index (κ1) is 18.5. The van der Waals surface area contributed by atoms with Crippen molar-refractivity contribution in [3.8, 4) is 0 Å². The zero-order valence-corrected chi connectivity index (χ0v) is 15.5. The highest BCUT2D eigenvalue weighted by Crippen LogP contribution is 2.12. The first-order valence-corrected chi connectivity index (χ1v) is 9.11. The molecule has 0 radical (unpaired) electrons. The second-order valence-electron chi connectivity index (χ2n) is 6.46. The van der Waals surface area contributed by atoms with Crippen LogP contribution in [0.15, 0.2) is 71.8 Å². The summed E-state index contributed by atoms with van der Waals surface area (Å²) in [5.41, 5.74) is 2.09. The van der Waals surface area contributed by atoms with Gasteiger partial charge in [0.05, 0.1) is 12.1 Å². The van der Waals surface area contributed by atoms with Gasteiger partial charge in [0.15, 0.2) is 5.65 Å². The summed E-state index contributed by atoms with van der Waals surface area (Å²) in [7, 11) is 0. The molecule has 7 nitrogen and oxygen atoms in total. The number of imidazole rings is 1. The van der Waals surface area contributed by atoms with Gasteiger partial charge < -0.3 is 5.32 Å². The van der Waals surface area contributed by atoms with Gasteiger partial charge in [-0.05, 0) is 42.0 Å². The normalized spacial score (nSPS) is 10.9. The van der Waals surface area contributed by atoms with Crippen molar-refractivity contribution in [2.75, 3.05) is 6.54 Å². The molecule has 0 atom stereocenters. The maximum Gasteiger partial charge on any atom is 0.330 e. The molecule has 1 amide bonds. The van der Waals surface area contributed by atoms with Crippen molar-refractivity contribution < 1.29 is 9.18 Å². The van der Waals surface area contributed by atoms with Crippen LogP contribution in [0.2, 0.25) is 0 Å². The lowest BCUT2D eigenvalue weighted by molar-refractivity contribution is 0.0947. The first-order valence-electron chi connectivity index (χ1n) is 9.11. The Kier molecular flexibility index (Phi) is 5.15. The van der Waals surface area contributed by atoms with Gasteiger partial charge in [0, 0.05) is 25.5 Å². The Labute approximate surface area is 165 Å². The maximum atomic E-state index is 13.2. The number of benzene rings is 1. The van der Waals surface area contributed by atoms with E-state index in [0.717, 1.165) is 5.56 Å². The molecule has 0 unspecified atom stereocenters. The van der Waals surface area contributed by atoms with Crippen LogP contribution in [0.4, 0.5) is 4.39 Å². The highest BCUT2D eigenvalue weighted by atomic mass is 19.1. The molecule has 0 aliphatic rings. The molecule has 146 valence electrons. The van der Waals surface area contributed by atoms with Gasteiger partial charge in [-0.3, -0.25) is 18.9 Å². The fraction of sp³-hybridized carbons (Fsp3) is 0.143. The molecular weight excluding hydrogens is 373 g/mol. The largest absolute Gasteiger partial charge is 0.349 e. The van der Waals surface area contributed by atoms with Crippen LogP contribution in [0.1, 0.15) is 16.1 Å². The number of carbonyl (C=O) groups excluding carboxylic acids is 1. The average molecular weight is 391 g/mol. The molecule has 8 heteroatoms. The van der Waals surface area contributed by atoms with E-state index in [2.05, 4.69) is 15.3 Å². The summed E-state index contributed by atoms with van der Waals surface area (Å²) in [4.78, 5) is 33.5. The van der Waals surface area contributed by atoms with Gasteiger partial charge in [0.1, 0.15) is 11.5 Å². The van der Waals surface area contributed by atoms with E-state index >= 15 is 0 Å². The van der Waals surface area contributed by atoms with E-state index in [4.69, 9.17) is 0 Å². The lowest BCUT2D eigenvalue weighted by atomic mass is 10.2. The Morgan fingerprint density at radius 3 is 2.52 bits per heavy atom. The van der Waals surface area contributed by atoms with E-state index in [1.807, 2.05) is 6.07 Å². The van der Waals surface area contributed by atoms with Crippen molar-refractivity contribution in [2.24, 2.45) is 0 Å². The van der Waals surface area contributed by atoms with E-state index in [1.165, 1.54) is 16.7 Å². The van der Waals surface area contributed by atoms with Crippen LogP contribution >= 0.6 is 0 Å². The number of halogens is 1. The van der Waals surface area contributed by atoms with E-state index in [-0.39, 0.29) is 30.5 Å². The van der Waals surface area contributed by atoms with Crippen LogP contribution in [0.25, 0.3) is 11.2 Å². The van der Waals surface area contributed by atoms with Gasteiger partial charge in [-0.1, -0.05) is 18.2 Å². The molecule has 0 fully saturated rings. The van der Waals surface area contributed by atoms with Crippen molar-refractivity contribution in [1.82, 2.24) is 24.4 Å². The van der Waals surface area contributed by atoms with E-state index in [9.17, 15) is 14.0 Å². The Balaban J connectivity index is 1.56. The molecule has 29 heavy (non-hydrogen) atoms. The third kappa shape index (κ3) is 3.91. The van der Waals surface area contributed by atoms with Gasteiger partial charge in [-0.25, -0.2) is 14.2 Å². The van der Waals surface area contributed by atoms with Gasteiger partial charge in [-0.15, -0.1) is 0 Å². The number of hydrogen-bond acceptors (Lipinski definition) is 4. The summed E-state index contributed by atoms with van der Waals surface area (Å²) in [6.45, 7) is 0.817. The number of carbonyl (C=O) groups is 1. The van der Waals surface area contributed by atoms with E-state index < -0.39 is 0 Å². The molecule has 1 N–H and O–H groups in total. The van der Waals surface area contributed by atoms with Crippen LogP contribution in [-0.4, -0.2) is 31.6 Å². The van der Waals surface area contributed by atoms with Crippen LogP contribution in [0.3, 0.4) is 0 Å². The molecule has 4 aromatic rings. The number of nitrogens with one attached hydrogen (secondary N) is 1. The monoisotopic (exact) mass is 391 g/mol. The summed E-state index contributed by atoms with van der Waals surface area (Å²) >= 11 is 0. The fourth-order valence-electron chi connectivity index (χ4n) is 3.14. The summed E-state index contributed by atoms with van der Waals surface area (Å²) in [6.07, 6.45) is 3.17. The maximum absolute atomic E-state index is 13.2. The minimum absolute atomic E-state index is 0.241. The molecule has 0 saturated heterocycles. The van der Waals surface area contributed by atoms with Crippen molar-refractivity contribution in [3.05, 3.63) is 94.5 Å². The Morgan fingerprint density at radius 2 is 1.76 bits per heavy atom. The highest BCUT2D eigenvalue weighted by Gasteiger charge is 2.15.